The number of benzene rings is 8. The average molecular weight is 709 g/mol. The molecule has 0 spiro atoms. The Morgan fingerprint density at radius 2 is 1.09 bits per heavy atom. The minimum atomic E-state index is -0.102. The maximum atomic E-state index is 2.46. The zero-order valence-electron chi connectivity index (χ0n) is 30.1. The molecule has 0 fully saturated rings. The van der Waals surface area contributed by atoms with Gasteiger partial charge in [-0.15, -0.1) is 11.3 Å². The molecule has 0 unspecified atom stereocenters. The smallest absolute Gasteiger partial charge is 0.0634 e. The number of hydrogen-bond acceptors (Lipinski definition) is 2. The largest absolute Gasteiger partial charge is 0.310 e. The Hall–Kier alpha value is -6.42. The fraction of sp³-hybridized carbons (Fsp3) is 0.0588. The van der Waals surface area contributed by atoms with Crippen molar-refractivity contribution in [3.05, 3.63) is 193 Å². The van der Waals surface area contributed by atoms with Crippen molar-refractivity contribution in [1.29, 1.82) is 0 Å². The minimum Gasteiger partial charge on any atom is -0.310 e. The van der Waals surface area contributed by atoms with E-state index in [1.165, 1.54) is 81.0 Å². The van der Waals surface area contributed by atoms with Crippen molar-refractivity contribution in [2.75, 3.05) is 4.90 Å². The maximum Gasteiger partial charge on any atom is 0.0634 e. The monoisotopic (exact) mass is 708 g/mol. The Kier molecular flexibility index (Phi) is 6.80. The lowest BCUT2D eigenvalue weighted by Crippen LogP contribution is -2.16. The number of aromatic nitrogens is 1. The van der Waals surface area contributed by atoms with Gasteiger partial charge >= 0.3 is 0 Å². The first-order valence-electron chi connectivity index (χ1n) is 18.7. The van der Waals surface area contributed by atoms with E-state index in [1.54, 1.807) is 0 Å². The second kappa shape index (κ2) is 11.8. The van der Waals surface area contributed by atoms with E-state index in [0.29, 0.717) is 0 Å². The van der Waals surface area contributed by atoms with Gasteiger partial charge in [-0.1, -0.05) is 129 Å². The predicted molar refractivity (Wildman–Crippen MR) is 231 cm³/mol. The molecule has 1 aliphatic carbocycles. The van der Waals surface area contributed by atoms with Gasteiger partial charge in [0.15, 0.2) is 0 Å². The van der Waals surface area contributed by atoms with E-state index in [-0.39, 0.29) is 5.41 Å². The average Bonchev–Trinajstić information content (AvgIpc) is 3.84. The summed E-state index contributed by atoms with van der Waals surface area (Å²) in [5.41, 5.74) is 14.8. The molecule has 0 amide bonds. The number of nitrogens with zero attached hydrogens (tertiary/aromatic N) is 2. The van der Waals surface area contributed by atoms with E-state index in [1.807, 2.05) is 11.3 Å². The summed E-state index contributed by atoms with van der Waals surface area (Å²) in [5.74, 6) is 0. The first kappa shape index (κ1) is 31.1. The summed E-state index contributed by atoms with van der Waals surface area (Å²) >= 11 is 1.88. The van der Waals surface area contributed by atoms with Crippen molar-refractivity contribution >= 4 is 70.4 Å². The third-order valence-electron chi connectivity index (χ3n) is 11.6. The Labute approximate surface area is 318 Å². The lowest BCUT2D eigenvalue weighted by atomic mass is 9.82. The summed E-state index contributed by atoms with van der Waals surface area (Å²) < 4.78 is 5.05. The number of hydrogen-bond donors (Lipinski definition) is 0. The van der Waals surface area contributed by atoms with Crippen LogP contribution in [-0.4, -0.2) is 4.57 Å². The summed E-state index contributed by atoms with van der Waals surface area (Å²) in [6, 6.07) is 67.0. The second-order valence-electron chi connectivity index (χ2n) is 15.0. The standard InChI is InChI=1S/C51H36N2S/c1-51(2)44-19-11-9-17-39(44)40-27-25-38(32-45(40)51)52(36-23-21-34(22-24-36)33-13-5-3-6-14-33)37-26-29-47-43(31-37)49-48(54-47)30-28-42-41-18-10-12-20-46(41)53(50(42)49)35-15-7-4-8-16-35/h3-32H,1-2H3. The summed E-state index contributed by atoms with van der Waals surface area (Å²) in [4.78, 5) is 2.45. The highest BCUT2D eigenvalue weighted by Crippen LogP contribution is 2.51. The number of rotatable bonds is 5. The quantitative estimate of drug-likeness (QED) is 0.173. The van der Waals surface area contributed by atoms with Crippen molar-refractivity contribution in [2.24, 2.45) is 0 Å². The number of para-hydroxylation sites is 2. The molecule has 54 heavy (non-hydrogen) atoms. The highest BCUT2D eigenvalue weighted by atomic mass is 32.1. The van der Waals surface area contributed by atoms with Crippen molar-refractivity contribution in [3.63, 3.8) is 0 Å². The van der Waals surface area contributed by atoms with E-state index in [4.69, 9.17) is 0 Å². The SMILES string of the molecule is CC1(C)c2ccccc2-c2ccc(N(c3ccc(-c4ccccc4)cc3)c3ccc4sc5ccc6c7ccccc7n(-c7ccccc7)c6c5c4c3)cc21. The van der Waals surface area contributed by atoms with Crippen LogP contribution in [0.1, 0.15) is 25.0 Å². The molecule has 11 rings (SSSR count). The maximum absolute atomic E-state index is 2.46. The molecule has 0 atom stereocenters. The Balaban J connectivity index is 1.16. The van der Waals surface area contributed by atoms with Crippen LogP contribution in [-0.2, 0) is 5.41 Å². The normalized spacial score (nSPS) is 13.1. The molecule has 1 aliphatic rings. The Morgan fingerprint density at radius 3 is 1.93 bits per heavy atom. The summed E-state index contributed by atoms with van der Waals surface area (Å²) in [5, 5.41) is 5.13. The first-order chi connectivity index (χ1) is 26.5. The highest BCUT2D eigenvalue weighted by Gasteiger charge is 2.35. The van der Waals surface area contributed by atoms with Gasteiger partial charge in [0.25, 0.3) is 0 Å². The van der Waals surface area contributed by atoms with Crippen molar-refractivity contribution in [1.82, 2.24) is 4.57 Å². The molecule has 2 heterocycles. The number of thiophene rings is 1. The molecule has 0 saturated heterocycles. The van der Waals surface area contributed by atoms with Crippen molar-refractivity contribution in [3.8, 4) is 27.9 Å². The van der Waals surface area contributed by atoms with E-state index >= 15 is 0 Å². The van der Waals surface area contributed by atoms with Crippen molar-refractivity contribution in [2.45, 2.75) is 19.3 Å². The Bertz CT molecular complexity index is 3060. The molecule has 3 heteroatoms. The van der Waals surface area contributed by atoms with E-state index < -0.39 is 0 Å². The number of fused-ring (bicyclic) bond motifs is 10. The van der Waals surface area contributed by atoms with Crippen LogP contribution in [0.25, 0.3) is 69.9 Å². The number of anilines is 3. The van der Waals surface area contributed by atoms with Gasteiger partial charge in [0, 0.05) is 59.1 Å². The zero-order valence-corrected chi connectivity index (χ0v) is 30.9. The Morgan fingerprint density at radius 1 is 0.463 bits per heavy atom. The second-order valence-corrected chi connectivity index (χ2v) is 16.0. The van der Waals surface area contributed by atoms with E-state index in [0.717, 1.165) is 17.1 Å². The van der Waals surface area contributed by atoms with Crippen LogP contribution in [0.4, 0.5) is 17.1 Å². The molecule has 10 aromatic rings. The molecule has 0 radical (unpaired) electrons. The zero-order chi connectivity index (χ0) is 36.0. The third kappa shape index (κ3) is 4.58. The molecular formula is C51H36N2S. The van der Waals surface area contributed by atoms with Gasteiger partial charge in [0.1, 0.15) is 0 Å². The van der Waals surface area contributed by atoms with E-state index in [2.05, 4.69) is 205 Å². The lowest BCUT2D eigenvalue weighted by Gasteiger charge is -2.28. The van der Waals surface area contributed by atoms with Crippen LogP contribution in [0, 0.1) is 0 Å². The molecule has 0 saturated carbocycles. The van der Waals surface area contributed by atoms with E-state index in [9.17, 15) is 0 Å². The molecular weight excluding hydrogens is 673 g/mol. The molecule has 256 valence electrons. The van der Waals surface area contributed by atoms with Crippen molar-refractivity contribution < 1.29 is 0 Å². The van der Waals surface area contributed by atoms with Crippen LogP contribution >= 0.6 is 11.3 Å². The molecule has 0 N–H and O–H groups in total. The summed E-state index contributed by atoms with van der Waals surface area (Å²) in [6.07, 6.45) is 0. The van der Waals surface area contributed by atoms with Gasteiger partial charge in [-0.25, -0.2) is 0 Å². The summed E-state index contributed by atoms with van der Waals surface area (Å²) in [7, 11) is 0. The molecule has 0 bridgehead atoms. The molecule has 2 nitrogen and oxygen atoms in total. The van der Waals surface area contributed by atoms with Crippen LogP contribution in [0.5, 0.6) is 0 Å². The minimum absolute atomic E-state index is 0.102. The van der Waals surface area contributed by atoms with Crippen LogP contribution in [0.15, 0.2) is 182 Å². The van der Waals surface area contributed by atoms with Gasteiger partial charge in [-0.3, -0.25) is 0 Å². The highest BCUT2D eigenvalue weighted by molar-refractivity contribution is 7.26. The first-order valence-corrected chi connectivity index (χ1v) is 19.5. The van der Waals surface area contributed by atoms with Gasteiger partial charge in [0.2, 0.25) is 0 Å². The molecule has 8 aromatic carbocycles. The fourth-order valence-corrected chi connectivity index (χ4v) is 10.1. The van der Waals surface area contributed by atoms with Crippen LogP contribution in [0.3, 0.4) is 0 Å². The third-order valence-corrected chi connectivity index (χ3v) is 12.7. The molecule has 2 aromatic heterocycles. The fourth-order valence-electron chi connectivity index (χ4n) is 9.00. The van der Waals surface area contributed by atoms with Gasteiger partial charge in [-0.05, 0) is 100 Å². The predicted octanol–water partition coefficient (Wildman–Crippen LogP) is 14.6. The topological polar surface area (TPSA) is 8.17 Å². The van der Waals surface area contributed by atoms with Crippen LogP contribution < -0.4 is 4.90 Å². The lowest BCUT2D eigenvalue weighted by molar-refractivity contribution is 0.660. The summed E-state index contributed by atoms with van der Waals surface area (Å²) in [6.45, 7) is 4.72. The van der Waals surface area contributed by atoms with Gasteiger partial charge in [0.05, 0.1) is 11.0 Å². The molecule has 0 aliphatic heterocycles. The van der Waals surface area contributed by atoms with Gasteiger partial charge in [-0.2, -0.15) is 0 Å². The van der Waals surface area contributed by atoms with Gasteiger partial charge < -0.3 is 9.47 Å². The van der Waals surface area contributed by atoms with Crippen LogP contribution in [0.2, 0.25) is 0 Å².